The lowest BCUT2D eigenvalue weighted by Gasteiger charge is -2.11. The van der Waals surface area contributed by atoms with E-state index in [0.29, 0.717) is 30.0 Å². The Hall–Kier alpha value is -3.45. The zero-order chi connectivity index (χ0) is 19.5. The Morgan fingerprint density at radius 2 is 1.96 bits per heavy atom. The maximum absolute atomic E-state index is 12.7. The molecule has 7 nitrogen and oxygen atoms in total. The van der Waals surface area contributed by atoms with E-state index in [-0.39, 0.29) is 23.6 Å². The summed E-state index contributed by atoms with van der Waals surface area (Å²) in [5.41, 5.74) is 2.38. The molecule has 0 radical (unpaired) electrons. The lowest BCUT2D eigenvalue weighted by molar-refractivity contribution is -0.116. The summed E-state index contributed by atoms with van der Waals surface area (Å²) in [6.07, 6.45) is 1.37. The summed E-state index contributed by atoms with van der Waals surface area (Å²) >= 11 is 0. The van der Waals surface area contributed by atoms with Gasteiger partial charge in [0.25, 0.3) is 5.56 Å². The van der Waals surface area contributed by atoms with Crippen molar-refractivity contribution in [3.8, 4) is 0 Å². The standard InChI is InChI=1S/C21H19N3O4/c1-2-27-12-14-7-3-5-9-16(14)23-18(25)11-24-13-22-19-15-8-4-6-10-17(15)28-20(19)21(24)26/h3-10,13H,2,11-12H2,1H3,(H,23,25). The third-order valence-electron chi connectivity index (χ3n) is 4.42. The van der Waals surface area contributed by atoms with Gasteiger partial charge in [0, 0.05) is 23.2 Å². The van der Waals surface area contributed by atoms with Gasteiger partial charge in [-0.3, -0.25) is 14.2 Å². The van der Waals surface area contributed by atoms with Crippen LogP contribution in [0.2, 0.25) is 0 Å². The highest BCUT2D eigenvalue weighted by atomic mass is 16.5. The van der Waals surface area contributed by atoms with Crippen LogP contribution in [0.15, 0.2) is 64.1 Å². The van der Waals surface area contributed by atoms with Gasteiger partial charge in [-0.05, 0) is 25.1 Å². The largest absolute Gasteiger partial charge is 0.448 e. The van der Waals surface area contributed by atoms with Gasteiger partial charge in [0.2, 0.25) is 11.5 Å². The van der Waals surface area contributed by atoms with Gasteiger partial charge in [-0.15, -0.1) is 0 Å². The van der Waals surface area contributed by atoms with Crippen LogP contribution in [0, 0.1) is 0 Å². The van der Waals surface area contributed by atoms with Crippen LogP contribution in [0.5, 0.6) is 0 Å². The summed E-state index contributed by atoms with van der Waals surface area (Å²) in [6, 6.07) is 14.7. The molecule has 2 aromatic carbocycles. The molecule has 2 aromatic heterocycles. The highest BCUT2D eigenvalue weighted by molar-refractivity contribution is 6.01. The quantitative estimate of drug-likeness (QED) is 0.557. The monoisotopic (exact) mass is 377 g/mol. The average Bonchev–Trinajstić information content (AvgIpc) is 3.09. The molecule has 0 spiro atoms. The highest BCUT2D eigenvalue weighted by Crippen LogP contribution is 2.24. The molecule has 142 valence electrons. The van der Waals surface area contributed by atoms with Crippen molar-refractivity contribution in [1.29, 1.82) is 0 Å². The molecule has 28 heavy (non-hydrogen) atoms. The molecule has 0 aliphatic carbocycles. The van der Waals surface area contributed by atoms with E-state index >= 15 is 0 Å². The average molecular weight is 377 g/mol. The van der Waals surface area contributed by atoms with Gasteiger partial charge in [0.15, 0.2) is 0 Å². The number of nitrogens with zero attached hydrogens (tertiary/aromatic N) is 2. The fourth-order valence-electron chi connectivity index (χ4n) is 3.05. The Morgan fingerprint density at radius 3 is 2.82 bits per heavy atom. The third-order valence-corrected chi connectivity index (χ3v) is 4.42. The van der Waals surface area contributed by atoms with E-state index in [1.807, 2.05) is 43.3 Å². The van der Waals surface area contributed by atoms with Crippen molar-refractivity contribution in [2.45, 2.75) is 20.1 Å². The Balaban J connectivity index is 1.58. The first kappa shape index (κ1) is 17.9. The first-order valence-corrected chi connectivity index (χ1v) is 8.99. The minimum atomic E-state index is -0.390. The number of carbonyl (C=O) groups is 1. The molecule has 7 heteroatoms. The minimum absolute atomic E-state index is 0.147. The van der Waals surface area contributed by atoms with Crippen molar-refractivity contribution in [2.24, 2.45) is 0 Å². The van der Waals surface area contributed by atoms with Crippen molar-refractivity contribution in [3.05, 3.63) is 70.8 Å². The van der Waals surface area contributed by atoms with Crippen molar-refractivity contribution in [3.63, 3.8) is 0 Å². The Labute approximate surface area is 160 Å². The van der Waals surface area contributed by atoms with Gasteiger partial charge in [-0.2, -0.15) is 0 Å². The number of ether oxygens (including phenoxy) is 1. The Morgan fingerprint density at radius 1 is 1.18 bits per heavy atom. The van der Waals surface area contributed by atoms with Crippen LogP contribution < -0.4 is 10.9 Å². The number of aromatic nitrogens is 2. The van der Waals surface area contributed by atoms with E-state index in [9.17, 15) is 9.59 Å². The maximum atomic E-state index is 12.7. The van der Waals surface area contributed by atoms with E-state index in [2.05, 4.69) is 10.3 Å². The summed E-state index contributed by atoms with van der Waals surface area (Å²) in [5.74, 6) is -0.330. The second-order valence-corrected chi connectivity index (χ2v) is 6.30. The molecule has 1 N–H and O–H groups in total. The minimum Gasteiger partial charge on any atom is -0.448 e. The zero-order valence-corrected chi connectivity index (χ0v) is 15.3. The van der Waals surface area contributed by atoms with E-state index in [1.54, 1.807) is 12.1 Å². The number of nitrogens with one attached hydrogen (secondary N) is 1. The number of fused-ring (bicyclic) bond motifs is 3. The molecule has 0 fully saturated rings. The molecule has 0 saturated carbocycles. The topological polar surface area (TPSA) is 86.4 Å². The number of hydrogen-bond donors (Lipinski definition) is 1. The number of carbonyl (C=O) groups excluding carboxylic acids is 1. The molecule has 0 atom stereocenters. The molecule has 0 bridgehead atoms. The van der Waals surface area contributed by atoms with E-state index < -0.39 is 0 Å². The fourth-order valence-corrected chi connectivity index (χ4v) is 3.05. The number of amides is 1. The first-order valence-electron chi connectivity index (χ1n) is 8.99. The SMILES string of the molecule is CCOCc1ccccc1NC(=O)Cn1cnc2c(oc3ccccc32)c1=O. The van der Waals surface area contributed by atoms with Crippen LogP contribution in [-0.2, 0) is 22.7 Å². The van der Waals surface area contributed by atoms with E-state index in [4.69, 9.17) is 9.15 Å². The zero-order valence-electron chi connectivity index (χ0n) is 15.3. The number of benzene rings is 2. The third kappa shape index (κ3) is 3.39. The number of hydrogen-bond acceptors (Lipinski definition) is 5. The van der Waals surface area contributed by atoms with Gasteiger partial charge in [0.05, 0.1) is 12.9 Å². The second-order valence-electron chi connectivity index (χ2n) is 6.30. The molecule has 0 aliphatic rings. The summed E-state index contributed by atoms with van der Waals surface area (Å²) in [5, 5.41) is 3.61. The molecule has 4 rings (SSSR count). The number of anilines is 1. The molecule has 0 aliphatic heterocycles. The van der Waals surface area contributed by atoms with Gasteiger partial charge < -0.3 is 14.5 Å². The molecule has 2 heterocycles. The van der Waals surface area contributed by atoms with Gasteiger partial charge in [0.1, 0.15) is 17.6 Å². The van der Waals surface area contributed by atoms with Crippen LogP contribution in [0.4, 0.5) is 5.69 Å². The molecular formula is C21H19N3O4. The highest BCUT2D eigenvalue weighted by Gasteiger charge is 2.15. The summed E-state index contributed by atoms with van der Waals surface area (Å²) in [7, 11) is 0. The van der Waals surface area contributed by atoms with Gasteiger partial charge >= 0.3 is 0 Å². The lowest BCUT2D eigenvalue weighted by atomic mass is 10.2. The number of furan rings is 1. The van der Waals surface area contributed by atoms with Crippen LogP contribution in [0.25, 0.3) is 22.1 Å². The van der Waals surface area contributed by atoms with E-state index in [0.717, 1.165) is 10.9 Å². The molecular weight excluding hydrogens is 358 g/mol. The predicted octanol–water partition coefficient (Wildman–Crippen LogP) is 3.32. The molecule has 0 saturated heterocycles. The normalized spacial score (nSPS) is 11.2. The maximum Gasteiger partial charge on any atom is 0.297 e. The van der Waals surface area contributed by atoms with E-state index in [1.165, 1.54) is 10.9 Å². The summed E-state index contributed by atoms with van der Waals surface area (Å²) in [6.45, 7) is 2.73. The molecule has 1 amide bonds. The summed E-state index contributed by atoms with van der Waals surface area (Å²) < 4.78 is 12.3. The summed E-state index contributed by atoms with van der Waals surface area (Å²) in [4.78, 5) is 29.5. The second kappa shape index (κ2) is 7.66. The van der Waals surface area contributed by atoms with Crippen molar-refractivity contribution in [2.75, 3.05) is 11.9 Å². The number of para-hydroxylation sites is 2. The van der Waals surface area contributed by atoms with Crippen molar-refractivity contribution in [1.82, 2.24) is 9.55 Å². The smallest absolute Gasteiger partial charge is 0.297 e. The van der Waals surface area contributed by atoms with Crippen LogP contribution in [0.3, 0.4) is 0 Å². The Bertz CT molecular complexity index is 1210. The van der Waals surface area contributed by atoms with Crippen LogP contribution in [-0.4, -0.2) is 22.1 Å². The fraction of sp³-hybridized carbons (Fsp3) is 0.190. The van der Waals surface area contributed by atoms with Crippen LogP contribution in [0.1, 0.15) is 12.5 Å². The van der Waals surface area contributed by atoms with Gasteiger partial charge in [-0.1, -0.05) is 30.3 Å². The van der Waals surface area contributed by atoms with Crippen LogP contribution >= 0.6 is 0 Å². The lowest BCUT2D eigenvalue weighted by Crippen LogP contribution is -2.27. The molecule has 0 unspecified atom stereocenters. The van der Waals surface area contributed by atoms with Gasteiger partial charge in [-0.25, -0.2) is 4.98 Å². The predicted molar refractivity (Wildman–Crippen MR) is 106 cm³/mol. The number of rotatable bonds is 6. The van der Waals surface area contributed by atoms with Crippen molar-refractivity contribution < 1.29 is 13.9 Å². The molecule has 4 aromatic rings. The first-order chi connectivity index (χ1) is 13.7. The Kier molecular flexibility index (Phi) is 4.90. The van der Waals surface area contributed by atoms with Crippen molar-refractivity contribution >= 4 is 33.7 Å².